The Morgan fingerprint density at radius 1 is 1.60 bits per heavy atom. The number of nitrogens with zero attached hydrogens (tertiary/aromatic N) is 1. The molecule has 1 aromatic heterocycles. The molecule has 1 atom stereocenters. The minimum Gasteiger partial charge on any atom is -0.380 e. The van der Waals surface area contributed by atoms with E-state index in [1.165, 1.54) is 7.11 Å². The number of aromatic nitrogens is 1. The lowest BCUT2D eigenvalue weighted by molar-refractivity contribution is -0.118. The van der Waals surface area contributed by atoms with Crippen LogP contribution in [0.1, 0.15) is 6.42 Å². The number of anilines is 1. The van der Waals surface area contributed by atoms with Gasteiger partial charge in [-0.2, -0.15) is 0 Å². The van der Waals surface area contributed by atoms with Crippen LogP contribution in [0.5, 0.6) is 0 Å². The molecular weight excluding hydrogens is 194 g/mol. The van der Waals surface area contributed by atoms with E-state index in [0.717, 1.165) is 5.69 Å². The Kier molecular flexibility index (Phi) is 4.73. The van der Waals surface area contributed by atoms with Crippen LogP contribution in [0, 0.1) is 0 Å². The Morgan fingerprint density at radius 2 is 2.27 bits per heavy atom. The summed E-state index contributed by atoms with van der Waals surface area (Å²) < 4.78 is 5.01. The maximum atomic E-state index is 11.5. The molecule has 5 heteroatoms. The van der Waals surface area contributed by atoms with E-state index < -0.39 is 0 Å². The monoisotopic (exact) mass is 209 g/mol. The average molecular weight is 209 g/mol. The number of carbonyl (C=O) groups excluding carboxylic acids is 1. The second-order valence-corrected chi connectivity index (χ2v) is 3.08. The second-order valence-electron chi connectivity index (χ2n) is 3.08. The van der Waals surface area contributed by atoms with Crippen LogP contribution in [-0.2, 0) is 9.53 Å². The van der Waals surface area contributed by atoms with Gasteiger partial charge >= 0.3 is 0 Å². The van der Waals surface area contributed by atoms with Crippen LogP contribution in [0.25, 0.3) is 0 Å². The SMILES string of the molecule is COC(CN)CC(=O)Nc1ccncc1. The standard InChI is InChI=1S/C10H15N3O2/c1-15-9(7-11)6-10(14)13-8-2-4-12-5-3-8/h2-5,9H,6-7,11H2,1H3,(H,12,13,14). The molecule has 0 aliphatic heterocycles. The van der Waals surface area contributed by atoms with Gasteiger partial charge in [0.2, 0.25) is 5.91 Å². The predicted octanol–water partition coefficient (Wildman–Crippen LogP) is 0.384. The number of rotatable bonds is 5. The number of hydrogen-bond donors (Lipinski definition) is 2. The molecule has 0 aromatic carbocycles. The van der Waals surface area contributed by atoms with E-state index in [2.05, 4.69) is 10.3 Å². The van der Waals surface area contributed by atoms with E-state index in [1.54, 1.807) is 24.5 Å². The van der Waals surface area contributed by atoms with Crippen molar-refractivity contribution in [3.63, 3.8) is 0 Å². The third-order valence-corrected chi connectivity index (χ3v) is 1.97. The third-order valence-electron chi connectivity index (χ3n) is 1.97. The number of hydrogen-bond acceptors (Lipinski definition) is 4. The first-order chi connectivity index (χ1) is 7.26. The van der Waals surface area contributed by atoms with Crippen LogP contribution in [0.2, 0.25) is 0 Å². The summed E-state index contributed by atoms with van der Waals surface area (Å²) >= 11 is 0. The van der Waals surface area contributed by atoms with Crippen molar-refractivity contribution in [2.24, 2.45) is 5.73 Å². The molecule has 0 radical (unpaired) electrons. The van der Waals surface area contributed by atoms with Crippen LogP contribution in [0.4, 0.5) is 5.69 Å². The molecule has 0 saturated carbocycles. The van der Waals surface area contributed by atoms with Gasteiger partial charge in [-0.05, 0) is 12.1 Å². The minimum atomic E-state index is -0.230. The fraction of sp³-hybridized carbons (Fsp3) is 0.400. The summed E-state index contributed by atoms with van der Waals surface area (Å²) in [5, 5.41) is 2.73. The minimum absolute atomic E-state index is 0.112. The summed E-state index contributed by atoms with van der Waals surface area (Å²) in [4.78, 5) is 15.3. The van der Waals surface area contributed by atoms with Crippen LogP contribution in [-0.4, -0.2) is 30.6 Å². The van der Waals surface area contributed by atoms with Crippen molar-refractivity contribution in [1.82, 2.24) is 4.98 Å². The van der Waals surface area contributed by atoms with E-state index in [1.807, 2.05) is 0 Å². The molecule has 0 aliphatic rings. The zero-order chi connectivity index (χ0) is 11.1. The zero-order valence-corrected chi connectivity index (χ0v) is 8.64. The number of nitrogens with one attached hydrogen (secondary N) is 1. The summed E-state index contributed by atoms with van der Waals surface area (Å²) in [6.07, 6.45) is 3.26. The first-order valence-electron chi connectivity index (χ1n) is 4.69. The van der Waals surface area contributed by atoms with E-state index in [0.29, 0.717) is 6.54 Å². The summed E-state index contributed by atoms with van der Waals surface area (Å²) in [7, 11) is 1.54. The van der Waals surface area contributed by atoms with Gasteiger partial charge in [0.1, 0.15) is 0 Å². The lowest BCUT2D eigenvalue weighted by atomic mass is 10.2. The Labute approximate surface area is 88.6 Å². The average Bonchev–Trinajstić information content (AvgIpc) is 2.27. The lowest BCUT2D eigenvalue weighted by Crippen LogP contribution is -2.28. The molecular formula is C10H15N3O2. The highest BCUT2D eigenvalue weighted by molar-refractivity contribution is 5.90. The van der Waals surface area contributed by atoms with Gasteiger partial charge in [0.25, 0.3) is 0 Å². The molecule has 1 rings (SSSR count). The van der Waals surface area contributed by atoms with Crippen molar-refractivity contribution in [3.05, 3.63) is 24.5 Å². The predicted molar refractivity (Wildman–Crippen MR) is 57.3 cm³/mol. The number of pyridine rings is 1. The molecule has 1 unspecified atom stereocenters. The number of amides is 1. The molecule has 1 aromatic rings. The van der Waals surface area contributed by atoms with Crippen molar-refractivity contribution < 1.29 is 9.53 Å². The molecule has 0 bridgehead atoms. The molecule has 1 heterocycles. The summed E-state index contributed by atoms with van der Waals surface area (Å²) in [6.45, 7) is 0.334. The van der Waals surface area contributed by atoms with Crippen molar-refractivity contribution in [3.8, 4) is 0 Å². The molecule has 15 heavy (non-hydrogen) atoms. The maximum Gasteiger partial charge on any atom is 0.227 e. The van der Waals surface area contributed by atoms with Crippen molar-refractivity contribution in [2.75, 3.05) is 19.0 Å². The molecule has 1 amide bonds. The van der Waals surface area contributed by atoms with Crippen molar-refractivity contribution in [2.45, 2.75) is 12.5 Å². The van der Waals surface area contributed by atoms with E-state index in [9.17, 15) is 4.79 Å². The van der Waals surface area contributed by atoms with Gasteiger partial charge < -0.3 is 15.8 Å². The number of ether oxygens (including phenoxy) is 1. The van der Waals surface area contributed by atoms with E-state index >= 15 is 0 Å². The largest absolute Gasteiger partial charge is 0.380 e. The molecule has 5 nitrogen and oxygen atoms in total. The zero-order valence-electron chi connectivity index (χ0n) is 8.64. The van der Waals surface area contributed by atoms with Crippen molar-refractivity contribution >= 4 is 11.6 Å². The summed E-state index contributed by atoms with van der Waals surface area (Å²) in [5.41, 5.74) is 6.13. The Hall–Kier alpha value is -1.46. The first-order valence-corrected chi connectivity index (χ1v) is 4.69. The van der Waals surface area contributed by atoms with Gasteiger partial charge in [0.05, 0.1) is 12.5 Å². The van der Waals surface area contributed by atoms with Gasteiger partial charge in [-0.1, -0.05) is 0 Å². The second kappa shape index (κ2) is 6.10. The Bertz CT molecular complexity index is 299. The summed E-state index contributed by atoms with van der Waals surface area (Å²) in [6, 6.07) is 3.45. The van der Waals surface area contributed by atoms with Crippen LogP contribution < -0.4 is 11.1 Å². The molecule has 0 spiro atoms. The highest BCUT2D eigenvalue weighted by Gasteiger charge is 2.11. The number of carbonyl (C=O) groups is 1. The third kappa shape index (κ3) is 4.05. The lowest BCUT2D eigenvalue weighted by Gasteiger charge is -2.12. The summed E-state index contributed by atoms with van der Waals surface area (Å²) in [5.74, 6) is -0.112. The Balaban J connectivity index is 2.43. The highest BCUT2D eigenvalue weighted by atomic mass is 16.5. The molecule has 3 N–H and O–H groups in total. The fourth-order valence-corrected chi connectivity index (χ4v) is 1.12. The first kappa shape index (κ1) is 11.6. The van der Waals surface area contributed by atoms with Gasteiger partial charge in [-0.25, -0.2) is 0 Å². The number of methoxy groups -OCH3 is 1. The molecule has 0 saturated heterocycles. The highest BCUT2D eigenvalue weighted by Crippen LogP contribution is 2.05. The smallest absolute Gasteiger partial charge is 0.227 e. The van der Waals surface area contributed by atoms with Crippen molar-refractivity contribution in [1.29, 1.82) is 0 Å². The normalized spacial score (nSPS) is 12.1. The molecule has 82 valence electrons. The van der Waals surface area contributed by atoms with Crippen LogP contribution >= 0.6 is 0 Å². The van der Waals surface area contributed by atoms with Gasteiger partial charge in [-0.15, -0.1) is 0 Å². The maximum absolute atomic E-state index is 11.5. The van der Waals surface area contributed by atoms with Crippen LogP contribution in [0.15, 0.2) is 24.5 Å². The van der Waals surface area contributed by atoms with E-state index in [-0.39, 0.29) is 18.4 Å². The fourth-order valence-electron chi connectivity index (χ4n) is 1.12. The van der Waals surface area contributed by atoms with Gasteiger partial charge in [-0.3, -0.25) is 9.78 Å². The van der Waals surface area contributed by atoms with Gasteiger partial charge in [0, 0.05) is 31.7 Å². The van der Waals surface area contributed by atoms with Gasteiger partial charge in [0.15, 0.2) is 0 Å². The van der Waals surface area contributed by atoms with E-state index in [4.69, 9.17) is 10.5 Å². The Morgan fingerprint density at radius 3 is 2.80 bits per heavy atom. The quantitative estimate of drug-likeness (QED) is 0.735. The molecule has 0 fully saturated rings. The molecule has 0 aliphatic carbocycles. The number of nitrogens with two attached hydrogens (primary N) is 1. The van der Waals surface area contributed by atoms with Crippen LogP contribution in [0.3, 0.4) is 0 Å². The topological polar surface area (TPSA) is 77.2 Å².